The molecule has 0 fully saturated rings. The van der Waals surface area contributed by atoms with Crippen molar-refractivity contribution >= 4 is 11.5 Å². The molecule has 4 rings (SSSR count). The number of nitrogens with one attached hydrogen (secondary N) is 1. The summed E-state index contributed by atoms with van der Waals surface area (Å²) in [6.45, 7) is 0.557. The number of anilines is 1. The van der Waals surface area contributed by atoms with Crippen LogP contribution in [0, 0.1) is 0 Å². The van der Waals surface area contributed by atoms with Crippen molar-refractivity contribution in [2.24, 2.45) is 0 Å². The Morgan fingerprint density at radius 2 is 2.17 bits per heavy atom. The van der Waals surface area contributed by atoms with E-state index in [4.69, 9.17) is 9.15 Å². The van der Waals surface area contributed by atoms with Crippen molar-refractivity contribution < 1.29 is 9.15 Å². The molecule has 0 aliphatic carbocycles. The highest BCUT2D eigenvalue weighted by Crippen LogP contribution is 2.26. The summed E-state index contributed by atoms with van der Waals surface area (Å²) in [7, 11) is 1.66. The highest BCUT2D eigenvalue weighted by Gasteiger charge is 2.11. The number of imidazole rings is 1. The standard InChI is InChI=1S/C18H16N4O2/c1-23-14-5-2-4-13(10-14)16-12-21-18-17(19-7-8-22(16)18)20-11-15-6-3-9-24-15/h2-10,12H,11H2,1H3,(H,19,20). The van der Waals surface area contributed by atoms with E-state index >= 15 is 0 Å². The lowest BCUT2D eigenvalue weighted by molar-refractivity contribution is 0.415. The van der Waals surface area contributed by atoms with Crippen molar-refractivity contribution in [3.05, 3.63) is 67.0 Å². The summed E-state index contributed by atoms with van der Waals surface area (Å²) in [4.78, 5) is 8.90. The van der Waals surface area contributed by atoms with Gasteiger partial charge in [0, 0.05) is 18.0 Å². The first kappa shape index (κ1) is 14.3. The maximum absolute atomic E-state index is 5.34. The lowest BCUT2D eigenvalue weighted by Gasteiger charge is -2.07. The van der Waals surface area contributed by atoms with Gasteiger partial charge in [-0.05, 0) is 24.3 Å². The predicted molar refractivity (Wildman–Crippen MR) is 91.0 cm³/mol. The van der Waals surface area contributed by atoms with Crippen molar-refractivity contribution in [2.75, 3.05) is 12.4 Å². The second kappa shape index (κ2) is 6.08. The van der Waals surface area contributed by atoms with Crippen molar-refractivity contribution in [1.82, 2.24) is 14.4 Å². The molecule has 0 unspecified atom stereocenters. The average molecular weight is 320 g/mol. The van der Waals surface area contributed by atoms with E-state index in [1.807, 2.05) is 53.2 Å². The summed E-state index contributed by atoms with van der Waals surface area (Å²) in [5, 5.41) is 3.26. The summed E-state index contributed by atoms with van der Waals surface area (Å²) in [6.07, 6.45) is 7.14. The Kier molecular flexibility index (Phi) is 3.63. The van der Waals surface area contributed by atoms with Crippen LogP contribution in [0.4, 0.5) is 5.82 Å². The molecule has 0 radical (unpaired) electrons. The van der Waals surface area contributed by atoms with E-state index < -0.39 is 0 Å². The molecule has 24 heavy (non-hydrogen) atoms. The summed E-state index contributed by atoms with van der Waals surface area (Å²) in [5.74, 6) is 2.37. The first-order valence-corrected chi connectivity index (χ1v) is 7.58. The second-order valence-electron chi connectivity index (χ2n) is 5.28. The Balaban J connectivity index is 1.70. The average Bonchev–Trinajstić information content (AvgIpc) is 3.29. The molecule has 6 nitrogen and oxygen atoms in total. The van der Waals surface area contributed by atoms with Gasteiger partial charge in [0.05, 0.1) is 31.8 Å². The molecular weight excluding hydrogens is 304 g/mol. The molecule has 1 aromatic carbocycles. The largest absolute Gasteiger partial charge is 0.497 e. The Bertz CT molecular complexity index is 960. The minimum Gasteiger partial charge on any atom is -0.497 e. The number of hydrogen-bond donors (Lipinski definition) is 1. The maximum atomic E-state index is 5.34. The van der Waals surface area contributed by atoms with Gasteiger partial charge in [0.15, 0.2) is 11.5 Å². The highest BCUT2D eigenvalue weighted by atomic mass is 16.5. The van der Waals surface area contributed by atoms with Gasteiger partial charge in [-0.15, -0.1) is 0 Å². The van der Waals surface area contributed by atoms with Gasteiger partial charge in [-0.25, -0.2) is 9.97 Å². The number of ether oxygens (including phenoxy) is 1. The SMILES string of the molecule is COc1cccc(-c2cnc3c(NCc4ccco4)nccn23)c1. The molecule has 0 amide bonds. The Labute approximate surface area is 138 Å². The van der Waals surface area contributed by atoms with E-state index in [0.717, 1.165) is 28.4 Å². The van der Waals surface area contributed by atoms with Crippen LogP contribution >= 0.6 is 0 Å². The summed E-state index contributed by atoms with van der Waals surface area (Å²) >= 11 is 0. The minimum atomic E-state index is 0.557. The van der Waals surface area contributed by atoms with E-state index in [9.17, 15) is 0 Å². The first-order valence-electron chi connectivity index (χ1n) is 7.58. The Morgan fingerprint density at radius 1 is 1.21 bits per heavy atom. The van der Waals surface area contributed by atoms with Gasteiger partial charge in [0.25, 0.3) is 0 Å². The molecule has 4 aromatic rings. The van der Waals surface area contributed by atoms with E-state index in [-0.39, 0.29) is 0 Å². The van der Waals surface area contributed by atoms with Crippen LogP contribution in [0.2, 0.25) is 0 Å². The molecule has 0 aliphatic rings. The van der Waals surface area contributed by atoms with Crippen molar-refractivity contribution in [2.45, 2.75) is 6.54 Å². The van der Waals surface area contributed by atoms with Crippen LogP contribution in [-0.4, -0.2) is 21.5 Å². The number of rotatable bonds is 5. The molecule has 0 saturated heterocycles. The van der Waals surface area contributed by atoms with Crippen LogP contribution in [-0.2, 0) is 6.54 Å². The topological polar surface area (TPSA) is 64.6 Å². The lowest BCUT2D eigenvalue weighted by Crippen LogP contribution is -2.03. The fourth-order valence-electron chi connectivity index (χ4n) is 2.62. The quantitative estimate of drug-likeness (QED) is 0.608. The van der Waals surface area contributed by atoms with Gasteiger partial charge in [-0.1, -0.05) is 12.1 Å². The van der Waals surface area contributed by atoms with Crippen LogP contribution in [0.1, 0.15) is 5.76 Å². The molecular formula is C18H16N4O2. The molecule has 0 atom stereocenters. The van der Waals surface area contributed by atoms with Crippen molar-refractivity contribution in [3.63, 3.8) is 0 Å². The molecule has 3 aromatic heterocycles. The third-order valence-corrected chi connectivity index (χ3v) is 3.80. The van der Waals surface area contributed by atoms with Gasteiger partial charge < -0.3 is 14.5 Å². The van der Waals surface area contributed by atoms with E-state index in [1.54, 1.807) is 19.6 Å². The van der Waals surface area contributed by atoms with E-state index in [0.29, 0.717) is 12.4 Å². The molecule has 3 heterocycles. The van der Waals surface area contributed by atoms with Gasteiger partial charge in [-0.3, -0.25) is 4.40 Å². The maximum Gasteiger partial charge on any atom is 0.180 e. The van der Waals surface area contributed by atoms with Gasteiger partial charge in [0.2, 0.25) is 0 Å². The zero-order valence-corrected chi connectivity index (χ0v) is 13.1. The number of benzene rings is 1. The number of nitrogens with zero attached hydrogens (tertiary/aromatic N) is 3. The number of methoxy groups -OCH3 is 1. The summed E-state index contributed by atoms with van der Waals surface area (Å²) in [5.41, 5.74) is 2.78. The second-order valence-corrected chi connectivity index (χ2v) is 5.28. The highest BCUT2D eigenvalue weighted by molar-refractivity contribution is 5.71. The smallest absolute Gasteiger partial charge is 0.180 e. The number of aromatic nitrogens is 3. The van der Waals surface area contributed by atoms with Crippen molar-refractivity contribution in [3.8, 4) is 17.0 Å². The van der Waals surface area contributed by atoms with Crippen LogP contribution in [0.3, 0.4) is 0 Å². The fraction of sp³-hybridized carbons (Fsp3) is 0.111. The van der Waals surface area contributed by atoms with Crippen LogP contribution in [0.25, 0.3) is 16.9 Å². The first-order chi connectivity index (χ1) is 11.8. The van der Waals surface area contributed by atoms with E-state index in [2.05, 4.69) is 15.3 Å². The number of hydrogen-bond acceptors (Lipinski definition) is 5. The summed E-state index contributed by atoms with van der Waals surface area (Å²) in [6, 6.07) is 11.7. The van der Waals surface area contributed by atoms with Gasteiger partial charge in [-0.2, -0.15) is 0 Å². The zero-order chi connectivity index (χ0) is 16.4. The van der Waals surface area contributed by atoms with Crippen LogP contribution in [0.5, 0.6) is 5.75 Å². The Morgan fingerprint density at radius 3 is 3.00 bits per heavy atom. The molecule has 0 bridgehead atoms. The monoisotopic (exact) mass is 320 g/mol. The van der Waals surface area contributed by atoms with E-state index in [1.165, 1.54) is 0 Å². The molecule has 0 saturated carbocycles. The predicted octanol–water partition coefficient (Wildman–Crippen LogP) is 3.61. The lowest BCUT2D eigenvalue weighted by atomic mass is 10.1. The molecule has 0 aliphatic heterocycles. The molecule has 0 spiro atoms. The van der Waals surface area contributed by atoms with Crippen LogP contribution < -0.4 is 10.1 Å². The minimum absolute atomic E-state index is 0.557. The van der Waals surface area contributed by atoms with Crippen LogP contribution in [0.15, 0.2) is 65.7 Å². The third kappa shape index (κ3) is 2.58. The number of furan rings is 1. The molecule has 120 valence electrons. The van der Waals surface area contributed by atoms with Crippen molar-refractivity contribution in [1.29, 1.82) is 0 Å². The molecule has 1 N–H and O–H groups in total. The third-order valence-electron chi connectivity index (χ3n) is 3.80. The number of fused-ring (bicyclic) bond motifs is 1. The zero-order valence-electron chi connectivity index (χ0n) is 13.1. The normalized spacial score (nSPS) is 10.9. The summed E-state index contributed by atoms with van der Waals surface area (Å²) < 4.78 is 12.6. The molecule has 6 heteroatoms. The van der Waals surface area contributed by atoms with Gasteiger partial charge in [0.1, 0.15) is 11.5 Å². The fourth-order valence-corrected chi connectivity index (χ4v) is 2.62. The Hall–Kier alpha value is -3.28. The van der Waals surface area contributed by atoms with Gasteiger partial charge >= 0.3 is 0 Å².